The SMILES string of the molecule is C=C(C(=O)Oc1ccc2ccccc2c1)c1ccc2ccccc2c1. The highest BCUT2D eigenvalue weighted by Crippen LogP contribution is 2.24. The van der Waals surface area contributed by atoms with Crippen LogP contribution in [0.4, 0.5) is 0 Å². The highest BCUT2D eigenvalue weighted by molar-refractivity contribution is 6.17. The van der Waals surface area contributed by atoms with E-state index in [1.807, 2.05) is 78.9 Å². The fraction of sp³-hybridized carbons (Fsp3) is 0. The molecule has 25 heavy (non-hydrogen) atoms. The lowest BCUT2D eigenvalue weighted by Gasteiger charge is -2.09. The fourth-order valence-corrected chi connectivity index (χ4v) is 2.89. The van der Waals surface area contributed by atoms with Crippen molar-refractivity contribution in [3.05, 3.63) is 97.1 Å². The topological polar surface area (TPSA) is 26.3 Å². The molecule has 2 nitrogen and oxygen atoms in total. The van der Waals surface area contributed by atoms with Crippen molar-refractivity contribution >= 4 is 33.1 Å². The summed E-state index contributed by atoms with van der Waals surface area (Å²) in [4.78, 5) is 12.5. The van der Waals surface area contributed by atoms with Gasteiger partial charge in [-0.25, -0.2) is 4.79 Å². The normalized spacial score (nSPS) is 10.7. The molecule has 0 unspecified atom stereocenters. The van der Waals surface area contributed by atoms with Gasteiger partial charge in [0.15, 0.2) is 0 Å². The molecule has 0 spiro atoms. The van der Waals surface area contributed by atoms with Crippen LogP contribution in [-0.4, -0.2) is 5.97 Å². The molecule has 4 aromatic rings. The van der Waals surface area contributed by atoms with Gasteiger partial charge in [0.05, 0.1) is 5.57 Å². The molecule has 0 N–H and O–H groups in total. The Morgan fingerprint density at radius 2 is 1.24 bits per heavy atom. The van der Waals surface area contributed by atoms with Gasteiger partial charge < -0.3 is 4.74 Å². The highest BCUT2D eigenvalue weighted by atomic mass is 16.5. The minimum Gasteiger partial charge on any atom is -0.423 e. The summed E-state index contributed by atoms with van der Waals surface area (Å²) in [6, 6.07) is 27.4. The van der Waals surface area contributed by atoms with Crippen LogP contribution in [0, 0.1) is 0 Å². The van der Waals surface area contributed by atoms with E-state index in [1.165, 1.54) is 0 Å². The monoisotopic (exact) mass is 324 g/mol. The van der Waals surface area contributed by atoms with Crippen molar-refractivity contribution in [2.24, 2.45) is 0 Å². The van der Waals surface area contributed by atoms with Crippen LogP contribution in [0.5, 0.6) is 5.75 Å². The summed E-state index contributed by atoms with van der Waals surface area (Å²) in [6.45, 7) is 3.92. The minimum absolute atomic E-state index is 0.346. The van der Waals surface area contributed by atoms with E-state index in [1.54, 1.807) is 6.07 Å². The van der Waals surface area contributed by atoms with Crippen molar-refractivity contribution in [3.63, 3.8) is 0 Å². The quantitative estimate of drug-likeness (QED) is 0.278. The Morgan fingerprint density at radius 3 is 1.92 bits per heavy atom. The van der Waals surface area contributed by atoms with Crippen molar-refractivity contribution in [1.29, 1.82) is 0 Å². The molecule has 0 saturated carbocycles. The maximum atomic E-state index is 12.5. The fourth-order valence-electron chi connectivity index (χ4n) is 2.89. The summed E-state index contributed by atoms with van der Waals surface area (Å²) in [5.74, 6) is 0.0798. The number of carbonyl (C=O) groups is 1. The van der Waals surface area contributed by atoms with Gasteiger partial charge in [0.2, 0.25) is 0 Å². The number of rotatable bonds is 3. The van der Waals surface area contributed by atoms with Crippen LogP contribution in [0.1, 0.15) is 5.56 Å². The van der Waals surface area contributed by atoms with E-state index < -0.39 is 5.97 Å². The van der Waals surface area contributed by atoms with Gasteiger partial charge in [-0.1, -0.05) is 73.3 Å². The molecule has 0 aliphatic rings. The molecule has 0 amide bonds. The van der Waals surface area contributed by atoms with E-state index in [0.717, 1.165) is 27.1 Å². The van der Waals surface area contributed by atoms with Crippen LogP contribution < -0.4 is 4.74 Å². The first-order valence-electron chi connectivity index (χ1n) is 8.10. The average Bonchev–Trinajstić information content (AvgIpc) is 2.67. The summed E-state index contributed by atoms with van der Waals surface area (Å²) in [6.07, 6.45) is 0. The molecule has 0 aromatic heterocycles. The summed E-state index contributed by atoms with van der Waals surface area (Å²) in [5, 5.41) is 4.33. The molecule has 0 atom stereocenters. The zero-order valence-corrected chi connectivity index (χ0v) is 13.6. The molecule has 0 aliphatic carbocycles. The highest BCUT2D eigenvalue weighted by Gasteiger charge is 2.13. The van der Waals surface area contributed by atoms with Crippen molar-refractivity contribution in [1.82, 2.24) is 0 Å². The third-order valence-corrected chi connectivity index (χ3v) is 4.28. The molecule has 0 bridgehead atoms. The Balaban J connectivity index is 1.59. The number of carbonyl (C=O) groups excluding carboxylic acids is 1. The van der Waals surface area contributed by atoms with Gasteiger partial charge in [-0.2, -0.15) is 0 Å². The van der Waals surface area contributed by atoms with Gasteiger partial charge >= 0.3 is 5.97 Å². The molecule has 120 valence electrons. The molecule has 2 heteroatoms. The molecular formula is C23H16O2. The van der Waals surface area contributed by atoms with Crippen LogP contribution in [0.25, 0.3) is 27.1 Å². The zero-order valence-electron chi connectivity index (χ0n) is 13.6. The molecule has 0 radical (unpaired) electrons. The standard InChI is InChI=1S/C23H16O2/c1-16(19-11-10-17-6-2-4-8-20(17)14-19)23(24)25-22-13-12-18-7-3-5-9-21(18)15-22/h2-15H,1H2. The third-order valence-electron chi connectivity index (χ3n) is 4.28. The van der Waals surface area contributed by atoms with Gasteiger partial charge in [-0.3, -0.25) is 0 Å². The lowest BCUT2D eigenvalue weighted by atomic mass is 10.0. The van der Waals surface area contributed by atoms with Crippen LogP contribution in [0.2, 0.25) is 0 Å². The average molecular weight is 324 g/mol. The van der Waals surface area contributed by atoms with Gasteiger partial charge in [0.1, 0.15) is 5.75 Å². The second-order valence-electron chi connectivity index (χ2n) is 5.94. The van der Waals surface area contributed by atoms with Crippen molar-refractivity contribution < 1.29 is 9.53 Å². The number of hydrogen-bond acceptors (Lipinski definition) is 2. The Hall–Kier alpha value is -3.39. The lowest BCUT2D eigenvalue weighted by molar-refractivity contribution is -0.127. The predicted molar refractivity (Wildman–Crippen MR) is 103 cm³/mol. The number of hydrogen-bond donors (Lipinski definition) is 0. The summed E-state index contributed by atoms with van der Waals surface area (Å²) in [7, 11) is 0. The number of benzene rings is 4. The predicted octanol–water partition coefficient (Wildman–Crippen LogP) is 5.61. The molecule has 0 saturated heterocycles. The second-order valence-corrected chi connectivity index (χ2v) is 5.94. The van der Waals surface area contributed by atoms with Gasteiger partial charge in [-0.05, 0) is 45.3 Å². The Kier molecular flexibility index (Phi) is 3.79. The third kappa shape index (κ3) is 3.02. The Labute approximate surface area is 146 Å². The summed E-state index contributed by atoms with van der Waals surface area (Å²) >= 11 is 0. The van der Waals surface area contributed by atoms with Gasteiger partial charge in [0, 0.05) is 0 Å². The van der Waals surface area contributed by atoms with E-state index in [4.69, 9.17) is 4.74 Å². The lowest BCUT2D eigenvalue weighted by Crippen LogP contribution is -2.09. The first-order chi connectivity index (χ1) is 12.2. The van der Waals surface area contributed by atoms with E-state index in [9.17, 15) is 4.79 Å². The van der Waals surface area contributed by atoms with Crippen LogP contribution >= 0.6 is 0 Å². The molecule has 4 rings (SSSR count). The first-order valence-corrected chi connectivity index (χ1v) is 8.10. The molecule has 0 fully saturated rings. The maximum Gasteiger partial charge on any atom is 0.343 e. The Morgan fingerprint density at radius 1 is 0.680 bits per heavy atom. The van der Waals surface area contributed by atoms with Crippen molar-refractivity contribution in [3.8, 4) is 5.75 Å². The smallest absolute Gasteiger partial charge is 0.343 e. The van der Waals surface area contributed by atoms with Gasteiger partial charge in [-0.15, -0.1) is 0 Å². The van der Waals surface area contributed by atoms with Crippen LogP contribution in [-0.2, 0) is 4.79 Å². The number of esters is 1. The maximum absolute atomic E-state index is 12.5. The molecule has 0 aliphatic heterocycles. The van der Waals surface area contributed by atoms with E-state index >= 15 is 0 Å². The first kappa shape index (κ1) is 15.2. The van der Waals surface area contributed by atoms with Crippen molar-refractivity contribution in [2.75, 3.05) is 0 Å². The minimum atomic E-state index is -0.439. The molecule has 4 aromatic carbocycles. The van der Waals surface area contributed by atoms with E-state index in [-0.39, 0.29) is 0 Å². The van der Waals surface area contributed by atoms with E-state index in [0.29, 0.717) is 11.3 Å². The number of ether oxygens (including phenoxy) is 1. The summed E-state index contributed by atoms with van der Waals surface area (Å²) < 4.78 is 5.51. The zero-order chi connectivity index (χ0) is 17.2. The Bertz CT molecular complexity index is 1110. The van der Waals surface area contributed by atoms with Gasteiger partial charge in [0.25, 0.3) is 0 Å². The molecule has 0 heterocycles. The van der Waals surface area contributed by atoms with Crippen LogP contribution in [0.3, 0.4) is 0 Å². The largest absolute Gasteiger partial charge is 0.423 e. The number of fused-ring (bicyclic) bond motifs is 2. The second kappa shape index (κ2) is 6.25. The molecular weight excluding hydrogens is 308 g/mol. The van der Waals surface area contributed by atoms with E-state index in [2.05, 4.69) is 6.58 Å². The van der Waals surface area contributed by atoms with Crippen molar-refractivity contribution in [2.45, 2.75) is 0 Å². The summed E-state index contributed by atoms with van der Waals surface area (Å²) in [5.41, 5.74) is 1.11. The van der Waals surface area contributed by atoms with Crippen LogP contribution in [0.15, 0.2) is 91.5 Å².